The van der Waals surface area contributed by atoms with Crippen molar-refractivity contribution in [3.05, 3.63) is 28.8 Å². The molecule has 5 rings (SSSR count). The van der Waals surface area contributed by atoms with E-state index in [0.717, 1.165) is 56.1 Å². The summed E-state index contributed by atoms with van der Waals surface area (Å²) < 4.78 is 5.83. The molecule has 6 heteroatoms. The zero-order chi connectivity index (χ0) is 22.1. The predicted octanol–water partition coefficient (Wildman–Crippen LogP) is 4.27. The monoisotopic (exact) mass is 460 g/mol. The number of carbonyl (C=O) groups is 1. The van der Waals surface area contributed by atoms with Gasteiger partial charge in [-0.2, -0.15) is 0 Å². The van der Waals surface area contributed by atoms with Gasteiger partial charge < -0.3 is 20.5 Å². The van der Waals surface area contributed by atoms with Crippen LogP contribution in [0.5, 0.6) is 5.75 Å². The van der Waals surface area contributed by atoms with Crippen LogP contribution >= 0.6 is 11.6 Å². The Bertz CT molecular complexity index is 833. The van der Waals surface area contributed by atoms with Crippen LogP contribution in [0.4, 0.5) is 0 Å². The Kier molecular flexibility index (Phi) is 6.69. The maximum Gasteiger partial charge on any atom is 0.252 e. The third-order valence-corrected chi connectivity index (χ3v) is 9.33. The van der Waals surface area contributed by atoms with Crippen molar-refractivity contribution in [2.75, 3.05) is 32.8 Å². The van der Waals surface area contributed by atoms with E-state index in [1.54, 1.807) is 12.1 Å². The van der Waals surface area contributed by atoms with E-state index in [9.17, 15) is 4.79 Å². The number of hydrogen-bond donors (Lipinski definition) is 3. The summed E-state index contributed by atoms with van der Waals surface area (Å²) in [6.07, 6.45) is 10.1. The second-order valence-corrected chi connectivity index (χ2v) is 11.2. The number of fused-ring (bicyclic) bond motifs is 2. The summed E-state index contributed by atoms with van der Waals surface area (Å²) in [6.45, 7) is 3.21. The molecule has 1 spiro atoms. The molecule has 1 amide bonds. The van der Waals surface area contributed by atoms with E-state index in [1.807, 2.05) is 6.07 Å². The first-order valence-corrected chi connectivity index (χ1v) is 13.0. The zero-order valence-corrected chi connectivity index (χ0v) is 19.7. The Hall–Kier alpha value is -1.30. The van der Waals surface area contributed by atoms with E-state index in [2.05, 4.69) is 10.6 Å². The zero-order valence-electron chi connectivity index (χ0n) is 19.0. The number of amides is 1. The summed E-state index contributed by atoms with van der Waals surface area (Å²) in [7, 11) is 0. The summed E-state index contributed by atoms with van der Waals surface area (Å²) in [5.41, 5.74) is 1.21. The average Bonchev–Trinajstić information content (AvgIpc) is 3.18. The normalized spacial score (nSPS) is 34.1. The molecule has 0 aliphatic heterocycles. The molecule has 4 fully saturated rings. The van der Waals surface area contributed by atoms with Crippen molar-refractivity contribution in [3.8, 4) is 5.75 Å². The number of hydrogen-bond acceptors (Lipinski definition) is 4. The molecular formula is C26H37ClN2O3. The van der Waals surface area contributed by atoms with Crippen LogP contribution in [0.15, 0.2) is 18.2 Å². The Morgan fingerprint density at radius 3 is 2.84 bits per heavy atom. The van der Waals surface area contributed by atoms with E-state index >= 15 is 0 Å². The van der Waals surface area contributed by atoms with Crippen LogP contribution < -0.4 is 15.4 Å². The smallest absolute Gasteiger partial charge is 0.252 e. The third kappa shape index (κ3) is 4.28. The van der Waals surface area contributed by atoms with Crippen LogP contribution in [-0.4, -0.2) is 43.9 Å². The topological polar surface area (TPSA) is 70.6 Å². The minimum absolute atomic E-state index is 0.0856. The van der Waals surface area contributed by atoms with Crippen LogP contribution in [0, 0.1) is 35.0 Å². The quantitative estimate of drug-likeness (QED) is 0.431. The first-order valence-electron chi connectivity index (χ1n) is 12.6. The molecule has 4 saturated carbocycles. The first kappa shape index (κ1) is 22.5. The van der Waals surface area contributed by atoms with Crippen LogP contribution in [0.2, 0.25) is 5.02 Å². The second kappa shape index (κ2) is 9.52. The van der Waals surface area contributed by atoms with Gasteiger partial charge in [-0.15, -0.1) is 0 Å². The lowest BCUT2D eigenvalue weighted by molar-refractivity contribution is 0.00273. The van der Waals surface area contributed by atoms with Crippen LogP contribution in [-0.2, 0) is 0 Å². The molecule has 5 nitrogen and oxygen atoms in total. The van der Waals surface area contributed by atoms with Gasteiger partial charge in [0.15, 0.2) is 0 Å². The molecule has 3 N–H and O–H groups in total. The summed E-state index contributed by atoms with van der Waals surface area (Å²) in [4.78, 5) is 13.0. The molecule has 4 aliphatic rings. The number of benzene rings is 1. The van der Waals surface area contributed by atoms with Gasteiger partial charge in [0, 0.05) is 13.2 Å². The third-order valence-electron chi connectivity index (χ3n) is 9.00. The minimum Gasteiger partial charge on any atom is -0.494 e. The summed E-state index contributed by atoms with van der Waals surface area (Å²) in [6, 6.07) is 5.35. The van der Waals surface area contributed by atoms with Gasteiger partial charge in [0.25, 0.3) is 5.91 Å². The van der Waals surface area contributed by atoms with Gasteiger partial charge in [0.1, 0.15) is 5.75 Å². The lowest BCUT2D eigenvalue weighted by Gasteiger charge is -2.49. The van der Waals surface area contributed by atoms with Crippen LogP contribution in [0.25, 0.3) is 0 Å². The lowest BCUT2D eigenvalue weighted by Crippen LogP contribution is -2.41. The lowest BCUT2D eigenvalue weighted by atomic mass is 9.56. The van der Waals surface area contributed by atoms with Crippen molar-refractivity contribution in [3.63, 3.8) is 0 Å². The van der Waals surface area contributed by atoms with Crippen molar-refractivity contribution >= 4 is 17.5 Å². The molecule has 3 bridgehead atoms. The van der Waals surface area contributed by atoms with Crippen molar-refractivity contribution < 1.29 is 14.6 Å². The van der Waals surface area contributed by atoms with E-state index in [1.165, 1.54) is 38.5 Å². The SMILES string of the molecule is O=C(NCC1CC2CC3CC4CC1CC34C2)c1cc(OCCCNCCCO)ccc1Cl. The van der Waals surface area contributed by atoms with Gasteiger partial charge in [-0.25, -0.2) is 0 Å². The molecule has 0 heterocycles. The number of aliphatic hydroxyl groups excluding tert-OH is 1. The Morgan fingerprint density at radius 1 is 1.12 bits per heavy atom. The van der Waals surface area contributed by atoms with Gasteiger partial charge in [-0.1, -0.05) is 11.6 Å². The van der Waals surface area contributed by atoms with E-state index in [4.69, 9.17) is 21.4 Å². The molecule has 1 aromatic carbocycles. The molecule has 1 aromatic rings. The number of nitrogens with one attached hydrogen (secondary N) is 2. The number of halogens is 1. The Morgan fingerprint density at radius 2 is 1.97 bits per heavy atom. The molecule has 6 atom stereocenters. The highest BCUT2D eigenvalue weighted by Gasteiger charge is 2.65. The van der Waals surface area contributed by atoms with E-state index in [-0.39, 0.29) is 12.5 Å². The van der Waals surface area contributed by atoms with Gasteiger partial charge in [0.2, 0.25) is 0 Å². The number of rotatable bonds is 11. The van der Waals surface area contributed by atoms with Crippen LogP contribution in [0.3, 0.4) is 0 Å². The maximum atomic E-state index is 13.0. The van der Waals surface area contributed by atoms with Crippen molar-refractivity contribution in [2.45, 2.75) is 51.4 Å². The molecule has 176 valence electrons. The molecular weight excluding hydrogens is 424 g/mol. The second-order valence-electron chi connectivity index (χ2n) is 10.7. The molecule has 0 radical (unpaired) electrons. The summed E-state index contributed by atoms with van der Waals surface area (Å²) in [5.74, 6) is 4.90. The highest BCUT2D eigenvalue weighted by atomic mass is 35.5. The van der Waals surface area contributed by atoms with Gasteiger partial charge in [-0.05, 0) is 118 Å². The van der Waals surface area contributed by atoms with Gasteiger partial charge in [0.05, 0.1) is 17.2 Å². The molecule has 6 unspecified atom stereocenters. The van der Waals surface area contributed by atoms with Crippen molar-refractivity contribution in [1.82, 2.24) is 10.6 Å². The van der Waals surface area contributed by atoms with E-state index in [0.29, 0.717) is 34.3 Å². The summed E-state index contributed by atoms with van der Waals surface area (Å²) in [5, 5.41) is 15.7. The average molecular weight is 461 g/mol. The number of aliphatic hydroxyl groups is 1. The number of ether oxygens (including phenoxy) is 1. The summed E-state index contributed by atoms with van der Waals surface area (Å²) >= 11 is 6.36. The van der Waals surface area contributed by atoms with Crippen molar-refractivity contribution in [2.24, 2.45) is 35.0 Å². The number of carbonyl (C=O) groups excluding carboxylic acids is 1. The minimum atomic E-state index is -0.0856. The van der Waals surface area contributed by atoms with Gasteiger partial charge in [-0.3, -0.25) is 4.79 Å². The maximum absolute atomic E-state index is 13.0. The highest BCUT2D eigenvalue weighted by molar-refractivity contribution is 6.33. The largest absolute Gasteiger partial charge is 0.494 e. The first-order chi connectivity index (χ1) is 15.6. The fraction of sp³-hybridized carbons (Fsp3) is 0.731. The Labute approximate surface area is 196 Å². The molecule has 32 heavy (non-hydrogen) atoms. The standard InChI is InChI=1S/C26H37ClN2O3/c27-24-4-3-22(32-8-2-6-28-5-1-7-30)13-23(24)25(31)29-16-19-9-17-10-20-12-21-11-18(19)15-26(20,21)14-17/h3-4,13,17-21,28,30H,1-2,5-12,14-16H2,(H,29,31). The highest BCUT2D eigenvalue weighted by Crippen LogP contribution is 2.74. The molecule has 0 saturated heterocycles. The fourth-order valence-electron chi connectivity index (χ4n) is 7.57. The fourth-order valence-corrected chi connectivity index (χ4v) is 7.77. The van der Waals surface area contributed by atoms with E-state index < -0.39 is 0 Å². The van der Waals surface area contributed by atoms with Crippen LogP contribution in [0.1, 0.15) is 61.7 Å². The van der Waals surface area contributed by atoms with Gasteiger partial charge >= 0.3 is 0 Å². The molecule has 0 aromatic heterocycles. The molecule has 4 aliphatic carbocycles. The Balaban J connectivity index is 1.12. The predicted molar refractivity (Wildman–Crippen MR) is 126 cm³/mol. The van der Waals surface area contributed by atoms with Crippen molar-refractivity contribution in [1.29, 1.82) is 0 Å².